The molecular weight excluding hydrogens is 264 g/mol. The number of nitrogens with zero attached hydrogens (tertiary/aromatic N) is 3. The van der Waals surface area contributed by atoms with Crippen LogP contribution in [-0.2, 0) is 12.8 Å². The third kappa shape index (κ3) is 5.40. The molecule has 0 bridgehead atoms. The molecule has 1 aliphatic carbocycles. The highest BCUT2D eigenvalue weighted by Gasteiger charge is 2.26. The second kappa shape index (κ2) is 8.49. The SMILES string of the molecule is CCCNC(Cc1nc(CCN(C)C)no1)C1CCCC1. The van der Waals surface area contributed by atoms with E-state index >= 15 is 0 Å². The first-order valence-corrected chi connectivity index (χ1v) is 8.38. The lowest BCUT2D eigenvalue weighted by Gasteiger charge is -2.23. The first-order chi connectivity index (χ1) is 10.2. The van der Waals surface area contributed by atoms with Crippen molar-refractivity contribution in [2.45, 2.75) is 57.9 Å². The van der Waals surface area contributed by atoms with Gasteiger partial charge in [-0.05, 0) is 45.8 Å². The van der Waals surface area contributed by atoms with E-state index in [0.717, 1.165) is 43.6 Å². The molecule has 1 aromatic heterocycles. The number of hydrogen-bond acceptors (Lipinski definition) is 5. The van der Waals surface area contributed by atoms with E-state index in [-0.39, 0.29) is 0 Å². The monoisotopic (exact) mass is 294 g/mol. The quantitative estimate of drug-likeness (QED) is 0.757. The second-order valence-corrected chi connectivity index (χ2v) is 6.47. The Balaban J connectivity index is 1.89. The van der Waals surface area contributed by atoms with Crippen LogP contribution < -0.4 is 5.32 Å². The van der Waals surface area contributed by atoms with Gasteiger partial charge >= 0.3 is 0 Å². The maximum Gasteiger partial charge on any atom is 0.228 e. The van der Waals surface area contributed by atoms with Gasteiger partial charge in [0.15, 0.2) is 5.82 Å². The van der Waals surface area contributed by atoms with E-state index in [0.29, 0.717) is 6.04 Å². The van der Waals surface area contributed by atoms with Crippen molar-refractivity contribution in [3.8, 4) is 0 Å². The van der Waals surface area contributed by atoms with Gasteiger partial charge in [0.1, 0.15) is 0 Å². The number of nitrogens with one attached hydrogen (secondary N) is 1. The predicted octanol–water partition coefficient (Wildman–Crippen LogP) is 2.27. The Morgan fingerprint density at radius 3 is 2.76 bits per heavy atom. The Bertz CT molecular complexity index is 399. The van der Waals surface area contributed by atoms with Gasteiger partial charge in [-0.2, -0.15) is 4.98 Å². The summed E-state index contributed by atoms with van der Waals surface area (Å²) in [6, 6.07) is 0.495. The van der Waals surface area contributed by atoms with E-state index in [1.165, 1.54) is 32.1 Å². The highest BCUT2D eigenvalue weighted by molar-refractivity contribution is 4.93. The molecule has 1 aromatic rings. The molecule has 5 nitrogen and oxygen atoms in total. The van der Waals surface area contributed by atoms with Gasteiger partial charge in [0, 0.05) is 25.4 Å². The van der Waals surface area contributed by atoms with Crippen LogP contribution in [0.3, 0.4) is 0 Å². The van der Waals surface area contributed by atoms with E-state index in [1.54, 1.807) is 0 Å². The summed E-state index contributed by atoms with van der Waals surface area (Å²) in [7, 11) is 4.12. The summed E-state index contributed by atoms with van der Waals surface area (Å²) in [5.74, 6) is 2.40. The zero-order chi connectivity index (χ0) is 15.1. The summed E-state index contributed by atoms with van der Waals surface area (Å²) >= 11 is 0. The summed E-state index contributed by atoms with van der Waals surface area (Å²) in [6.45, 7) is 4.24. The van der Waals surface area contributed by atoms with Crippen molar-refractivity contribution in [3.05, 3.63) is 11.7 Å². The Labute approximate surface area is 128 Å². The topological polar surface area (TPSA) is 54.2 Å². The minimum absolute atomic E-state index is 0.495. The molecule has 2 rings (SSSR count). The standard InChI is InChI=1S/C16H30N4O/c1-4-10-17-14(13-7-5-6-8-13)12-16-18-15(19-21-16)9-11-20(2)3/h13-14,17H,4-12H2,1-3H3. The average molecular weight is 294 g/mol. The van der Waals surface area contributed by atoms with Gasteiger partial charge in [0.2, 0.25) is 5.89 Å². The van der Waals surface area contributed by atoms with Crippen LogP contribution in [0, 0.1) is 5.92 Å². The Kier molecular flexibility index (Phi) is 6.64. The van der Waals surface area contributed by atoms with Crippen molar-refractivity contribution in [1.29, 1.82) is 0 Å². The van der Waals surface area contributed by atoms with Crippen LogP contribution in [0.25, 0.3) is 0 Å². The molecular formula is C16H30N4O. The maximum atomic E-state index is 5.45. The predicted molar refractivity (Wildman–Crippen MR) is 84.3 cm³/mol. The molecule has 1 heterocycles. The van der Waals surface area contributed by atoms with Crippen LogP contribution in [0.4, 0.5) is 0 Å². The third-order valence-corrected chi connectivity index (χ3v) is 4.31. The molecule has 0 amide bonds. The van der Waals surface area contributed by atoms with Gasteiger partial charge in [0.25, 0.3) is 0 Å². The van der Waals surface area contributed by atoms with Gasteiger partial charge in [-0.3, -0.25) is 0 Å². The molecule has 0 saturated heterocycles. The van der Waals surface area contributed by atoms with Gasteiger partial charge in [-0.25, -0.2) is 0 Å². The Morgan fingerprint density at radius 2 is 2.10 bits per heavy atom. The van der Waals surface area contributed by atoms with Crippen LogP contribution in [0.15, 0.2) is 4.52 Å². The van der Waals surface area contributed by atoms with Crippen LogP contribution in [-0.4, -0.2) is 48.3 Å². The van der Waals surface area contributed by atoms with Gasteiger partial charge in [-0.1, -0.05) is 24.9 Å². The van der Waals surface area contributed by atoms with Crippen molar-refractivity contribution in [2.24, 2.45) is 5.92 Å². The molecule has 21 heavy (non-hydrogen) atoms. The molecule has 1 atom stereocenters. The lowest BCUT2D eigenvalue weighted by Crippen LogP contribution is -2.37. The minimum atomic E-state index is 0.495. The number of hydrogen-bond donors (Lipinski definition) is 1. The van der Waals surface area contributed by atoms with Crippen molar-refractivity contribution in [1.82, 2.24) is 20.4 Å². The molecule has 0 aliphatic heterocycles. The van der Waals surface area contributed by atoms with E-state index in [1.807, 2.05) is 0 Å². The zero-order valence-corrected chi connectivity index (χ0v) is 13.8. The van der Waals surface area contributed by atoms with E-state index in [2.05, 4.69) is 41.4 Å². The van der Waals surface area contributed by atoms with Crippen LogP contribution >= 0.6 is 0 Å². The van der Waals surface area contributed by atoms with Gasteiger partial charge in [0.05, 0.1) is 0 Å². The average Bonchev–Trinajstić information content (AvgIpc) is 3.12. The highest BCUT2D eigenvalue weighted by atomic mass is 16.5. The van der Waals surface area contributed by atoms with Crippen LogP contribution in [0.1, 0.15) is 50.7 Å². The summed E-state index contributed by atoms with van der Waals surface area (Å²) in [5, 5.41) is 7.79. The molecule has 120 valence electrons. The number of likely N-dealkylation sites (N-methyl/N-ethyl adjacent to an activating group) is 1. The smallest absolute Gasteiger partial charge is 0.228 e. The molecule has 0 aromatic carbocycles. The lowest BCUT2D eigenvalue weighted by molar-refractivity contribution is 0.306. The molecule has 5 heteroatoms. The molecule has 1 aliphatic rings. The zero-order valence-electron chi connectivity index (χ0n) is 13.8. The van der Waals surface area contributed by atoms with E-state index < -0.39 is 0 Å². The minimum Gasteiger partial charge on any atom is -0.339 e. The molecule has 1 saturated carbocycles. The number of aromatic nitrogens is 2. The molecule has 0 radical (unpaired) electrons. The van der Waals surface area contributed by atoms with E-state index in [9.17, 15) is 0 Å². The van der Waals surface area contributed by atoms with E-state index in [4.69, 9.17) is 4.52 Å². The first-order valence-electron chi connectivity index (χ1n) is 8.38. The van der Waals surface area contributed by atoms with Crippen LogP contribution in [0.2, 0.25) is 0 Å². The van der Waals surface area contributed by atoms with Crippen molar-refractivity contribution >= 4 is 0 Å². The van der Waals surface area contributed by atoms with Gasteiger partial charge < -0.3 is 14.7 Å². The lowest BCUT2D eigenvalue weighted by atomic mass is 9.95. The molecule has 1 unspecified atom stereocenters. The third-order valence-electron chi connectivity index (χ3n) is 4.31. The van der Waals surface area contributed by atoms with Gasteiger partial charge in [-0.15, -0.1) is 0 Å². The van der Waals surface area contributed by atoms with Crippen molar-refractivity contribution in [3.63, 3.8) is 0 Å². The summed E-state index contributed by atoms with van der Waals surface area (Å²) in [5.41, 5.74) is 0. The first kappa shape index (κ1) is 16.4. The summed E-state index contributed by atoms with van der Waals surface area (Å²) in [6.07, 6.45) is 8.31. The second-order valence-electron chi connectivity index (χ2n) is 6.47. The molecule has 1 N–H and O–H groups in total. The fourth-order valence-electron chi connectivity index (χ4n) is 3.08. The Morgan fingerprint density at radius 1 is 1.33 bits per heavy atom. The fourth-order valence-corrected chi connectivity index (χ4v) is 3.08. The van der Waals surface area contributed by atoms with Crippen molar-refractivity contribution < 1.29 is 4.52 Å². The molecule has 1 fully saturated rings. The maximum absolute atomic E-state index is 5.45. The summed E-state index contributed by atoms with van der Waals surface area (Å²) in [4.78, 5) is 6.70. The fraction of sp³-hybridized carbons (Fsp3) is 0.875. The molecule has 0 spiro atoms. The normalized spacial score (nSPS) is 17.7. The van der Waals surface area contributed by atoms with Crippen LogP contribution in [0.5, 0.6) is 0 Å². The largest absolute Gasteiger partial charge is 0.339 e. The summed E-state index contributed by atoms with van der Waals surface area (Å²) < 4.78 is 5.45. The number of rotatable bonds is 9. The Hall–Kier alpha value is -0.940. The highest BCUT2D eigenvalue weighted by Crippen LogP contribution is 2.29. The van der Waals surface area contributed by atoms with Crippen molar-refractivity contribution in [2.75, 3.05) is 27.2 Å².